The molecule has 3 rings (SSSR count). The van der Waals surface area contributed by atoms with E-state index < -0.39 is 0 Å². The summed E-state index contributed by atoms with van der Waals surface area (Å²) in [6.07, 6.45) is 4.32. The van der Waals surface area contributed by atoms with E-state index >= 15 is 0 Å². The minimum atomic E-state index is 0.749. The molecular weight excluding hydrogens is 332 g/mol. The van der Waals surface area contributed by atoms with Gasteiger partial charge in [0.05, 0.1) is 8.32 Å². The van der Waals surface area contributed by atoms with E-state index in [2.05, 4.69) is 55.4 Å². The van der Waals surface area contributed by atoms with Crippen molar-refractivity contribution >= 4 is 55.4 Å². The second-order valence-corrected chi connectivity index (χ2v) is 10.4. The quantitative estimate of drug-likeness (QED) is 0.608. The summed E-state index contributed by atoms with van der Waals surface area (Å²) in [6, 6.07) is 0. The summed E-state index contributed by atoms with van der Waals surface area (Å²) in [7, 11) is 0. The van der Waals surface area contributed by atoms with Gasteiger partial charge in [0.25, 0.3) is 0 Å². The van der Waals surface area contributed by atoms with E-state index in [1.54, 1.807) is 0 Å². The van der Waals surface area contributed by atoms with E-state index in [0.717, 1.165) is 30.7 Å². The molecule has 6 unspecified atom stereocenters. The molecule has 3 fully saturated rings. The average molecular weight is 344 g/mol. The number of alkyl halides is 2. The number of hydrogen-bond acceptors (Lipinski definition) is 2. The molecule has 3 aliphatic rings. The molecule has 13 heavy (non-hydrogen) atoms. The Morgan fingerprint density at radius 3 is 1.69 bits per heavy atom. The van der Waals surface area contributed by atoms with Crippen LogP contribution < -0.4 is 0 Å². The van der Waals surface area contributed by atoms with E-state index in [9.17, 15) is 0 Å². The predicted molar refractivity (Wildman–Crippen MR) is 69.0 cm³/mol. The highest BCUT2D eigenvalue weighted by Crippen LogP contribution is 2.60. The van der Waals surface area contributed by atoms with Crippen LogP contribution in [-0.2, 0) is 0 Å². The fourth-order valence-corrected chi connectivity index (χ4v) is 8.84. The van der Waals surface area contributed by atoms with Crippen LogP contribution in [0.2, 0.25) is 0 Å². The third-order valence-electron chi connectivity index (χ3n) is 3.44. The van der Waals surface area contributed by atoms with Gasteiger partial charge in [0.15, 0.2) is 0 Å². The van der Waals surface area contributed by atoms with Gasteiger partial charge in [-0.3, -0.25) is 0 Å². The monoisotopic (exact) mass is 342 g/mol. The Labute approximate surface area is 105 Å². The highest BCUT2D eigenvalue weighted by atomic mass is 79.9. The van der Waals surface area contributed by atoms with Crippen molar-refractivity contribution in [3.8, 4) is 0 Å². The summed E-state index contributed by atoms with van der Waals surface area (Å²) in [6.45, 7) is 0. The number of fused-ring (bicyclic) bond motifs is 3. The van der Waals surface area contributed by atoms with Crippen molar-refractivity contribution in [3.63, 3.8) is 0 Å². The Bertz CT molecular complexity index is 202. The molecule has 74 valence electrons. The maximum absolute atomic E-state index is 3.75. The molecule has 0 bridgehead atoms. The van der Waals surface area contributed by atoms with Crippen molar-refractivity contribution in [2.45, 2.75) is 38.1 Å². The second kappa shape index (κ2) is 3.60. The zero-order valence-corrected chi connectivity index (χ0v) is 12.0. The predicted octanol–water partition coefficient (Wildman–Crippen LogP) is 4.08. The molecule has 0 spiro atoms. The minimum Gasteiger partial charge on any atom is -0.142 e. The molecule has 0 aromatic carbocycles. The fourth-order valence-electron chi connectivity index (χ4n) is 2.96. The molecule has 2 aliphatic heterocycles. The SMILES string of the molecule is BrC1CC2CC3CC(Br)SC3C2S1. The Morgan fingerprint density at radius 1 is 0.769 bits per heavy atom. The van der Waals surface area contributed by atoms with E-state index in [1.165, 1.54) is 19.3 Å². The molecule has 0 radical (unpaired) electrons. The maximum Gasteiger partial charge on any atom is 0.0606 e. The van der Waals surface area contributed by atoms with Crippen LogP contribution in [0.15, 0.2) is 0 Å². The smallest absolute Gasteiger partial charge is 0.0606 e. The van der Waals surface area contributed by atoms with Gasteiger partial charge in [0, 0.05) is 10.5 Å². The minimum absolute atomic E-state index is 0.749. The van der Waals surface area contributed by atoms with Gasteiger partial charge in [-0.2, -0.15) is 0 Å². The van der Waals surface area contributed by atoms with Crippen LogP contribution >= 0.6 is 55.4 Å². The Hall–Kier alpha value is 1.66. The summed E-state index contributed by atoms with van der Waals surface area (Å²) >= 11 is 11.9. The van der Waals surface area contributed by atoms with Gasteiger partial charge < -0.3 is 0 Å². The Balaban J connectivity index is 1.77. The topological polar surface area (TPSA) is 0 Å². The maximum atomic E-state index is 3.75. The van der Waals surface area contributed by atoms with Crippen molar-refractivity contribution in [1.29, 1.82) is 0 Å². The summed E-state index contributed by atoms with van der Waals surface area (Å²) in [5, 5.41) is 1.92. The van der Waals surface area contributed by atoms with Gasteiger partial charge in [-0.25, -0.2) is 0 Å². The van der Waals surface area contributed by atoms with Crippen LogP contribution in [0, 0.1) is 11.8 Å². The number of hydrogen-bond donors (Lipinski definition) is 0. The van der Waals surface area contributed by atoms with Crippen molar-refractivity contribution in [2.75, 3.05) is 0 Å². The lowest BCUT2D eigenvalue weighted by Crippen LogP contribution is -2.16. The molecule has 1 saturated carbocycles. The molecule has 0 amide bonds. The van der Waals surface area contributed by atoms with Crippen LogP contribution in [0.4, 0.5) is 0 Å². The normalized spacial score (nSPS) is 59.5. The molecule has 2 saturated heterocycles. The molecule has 6 atom stereocenters. The fraction of sp³-hybridized carbons (Fsp3) is 1.00. The second-order valence-electron chi connectivity index (χ2n) is 4.25. The average Bonchev–Trinajstić information content (AvgIpc) is 2.60. The standard InChI is InChI=1S/C9H12Br2S2/c10-6-2-4-1-5-3-7(11)13-9(5)8(4)12-6/h4-9H,1-3H2. The molecule has 2 heterocycles. The van der Waals surface area contributed by atoms with Gasteiger partial charge in [-0.15, -0.1) is 23.5 Å². The third kappa shape index (κ3) is 1.64. The van der Waals surface area contributed by atoms with Crippen LogP contribution in [0.1, 0.15) is 19.3 Å². The van der Waals surface area contributed by atoms with E-state index in [1.807, 2.05) is 0 Å². The first-order chi connectivity index (χ1) is 6.24. The first kappa shape index (κ1) is 9.86. The lowest BCUT2D eigenvalue weighted by atomic mass is 10.0. The van der Waals surface area contributed by atoms with Crippen LogP contribution in [0.3, 0.4) is 0 Å². The number of halogens is 2. The summed E-state index contributed by atoms with van der Waals surface area (Å²) in [5.41, 5.74) is 0. The Morgan fingerprint density at radius 2 is 1.23 bits per heavy atom. The lowest BCUT2D eigenvalue weighted by Gasteiger charge is -2.15. The summed E-state index contributed by atoms with van der Waals surface area (Å²) in [4.78, 5) is 0. The van der Waals surface area contributed by atoms with Crippen LogP contribution in [-0.4, -0.2) is 18.8 Å². The van der Waals surface area contributed by atoms with Gasteiger partial charge in [0.2, 0.25) is 0 Å². The third-order valence-corrected chi connectivity index (χ3v) is 8.62. The molecule has 1 aliphatic carbocycles. The van der Waals surface area contributed by atoms with Gasteiger partial charge >= 0.3 is 0 Å². The highest BCUT2D eigenvalue weighted by Gasteiger charge is 2.52. The molecule has 0 aromatic heterocycles. The zero-order chi connectivity index (χ0) is 9.00. The first-order valence-electron chi connectivity index (χ1n) is 4.83. The molecule has 4 heteroatoms. The number of thioether (sulfide) groups is 2. The highest BCUT2D eigenvalue weighted by molar-refractivity contribution is 9.11. The molecule has 0 N–H and O–H groups in total. The van der Waals surface area contributed by atoms with E-state index in [0.29, 0.717) is 0 Å². The largest absolute Gasteiger partial charge is 0.142 e. The van der Waals surface area contributed by atoms with Crippen molar-refractivity contribution < 1.29 is 0 Å². The van der Waals surface area contributed by atoms with Crippen LogP contribution in [0.25, 0.3) is 0 Å². The van der Waals surface area contributed by atoms with Crippen molar-refractivity contribution in [2.24, 2.45) is 11.8 Å². The zero-order valence-electron chi connectivity index (χ0n) is 7.16. The summed E-state index contributed by atoms with van der Waals surface area (Å²) in [5.74, 6) is 2.05. The summed E-state index contributed by atoms with van der Waals surface area (Å²) < 4.78 is 1.50. The van der Waals surface area contributed by atoms with E-state index in [4.69, 9.17) is 0 Å². The van der Waals surface area contributed by atoms with E-state index in [-0.39, 0.29) is 0 Å². The van der Waals surface area contributed by atoms with Crippen molar-refractivity contribution in [1.82, 2.24) is 0 Å². The van der Waals surface area contributed by atoms with Gasteiger partial charge in [-0.1, -0.05) is 31.9 Å². The molecule has 0 aromatic rings. The van der Waals surface area contributed by atoms with Crippen LogP contribution in [0.5, 0.6) is 0 Å². The number of rotatable bonds is 0. The van der Waals surface area contributed by atoms with Gasteiger partial charge in [0.1, 0.15) is 0 Å². The molecule has 0 nitrogen and oxygen atoms in total. The lowest BCUT2D eigenvalue weighted by molar-refractivity contribution is 0.487. The first-order valence-corrected chi connectivity index (χ1v) is 8.55. The van der Waals surface area contributed by atoms with Crippen molar-refractivity contribution in [3.05, 3.63) is 0 Å². The van der Waals surface area contributed by atoms with Gasteiger partial charge in [-0.05, 0) is 31.1 Å². The Kier molecular flexibility index (Phi) is 2.73. The molecular formula is C9H12Br2S2.